The van der Waals surface area contributed by atoms with Gasteiger partial charge in [0.05, 0.1) is 5.56 Å². The van der Waals surface area contributed by atoms with Crippen LogP contribution in [0.25, 0.3) is 11.1 Å². The Balaban J connectivity index is 2.33. The molecular weight excluding hydrogens is 270 g/mol. The highest BCUT2D eigenvalue weighted by Gasteiger charge is 2.06. The Hall–Kier alpha value is -1.89. The molecule has 2 rings (SSSR count). The minimum Gasteiger partial charge on any atom is -0.310 e. The van der Waals surface area contributed by atoms with E-state index in [4.69, 9.17) is 16.9 Å². The number of hydrogen-bond donors (Lipinski definition) is 1. The molecule has 0 atom stereocenters. The van der Waals surface area contributed by atoms with Gasteiger partial charge in [0.1, 0.15) is 6.07 Å². The first kappa shape index (κ1) is 14.5. The maximum Gasteiger partial charge on any atom is 0.101 e. The number of nitrogens with one attached hydrogen (secondary N) is 1. The highest BCUT2D eigenvalue weighted by Crippen LogP contribution is 2.25. The van der Waals surface area contributed by atoms with Gasteiger partial charge in [-0.05, 0) is 29.3 Å². The molecular formula is C16H16ClN3. The third-order valence-electron chi connectivity index (χ3n) is 2.95. The van der Waals surface area contributed by atoms with E-state index >= 15 is 0 Å². The topological polar surface area (TPSA) is 48.7 Å². The van der Waals surface area contributed by atoms with Gasteiger partial charge >= 0.3 is 0 Å². The van der Waals surface area contributed by atoms with Gasteiger partial charge in [0.15, 0.2) is 0 Å². The van der Waals surface area contributed by atoms with Crippen LogP contribution in [-0.2, 0) is 6.54 Å². The van der Waals surface area contributed by atoms with Crippen LogP contribution in [0.3, 0.4) is 0 Å². The van der Waals surface area contributed by atoms with Gasteiger partial charge < -0.3 is 5.32 Å². The number of pyridine rings is 1. The molecule has 1 heterocycles. The van der Waals surface area contributed by atoms with Gasteiger partial charge in [0.25, 0.3) is 0 Å². The number of nitriles is 1. The van der Waals surface area contributed by atoms with Gasteiger partial charge in [0, 0.05) is 35.6 Å². The Morgan fingerprint density at radius 2 is 2.05 bits per heavy atom. The third-order valence-corrected chi connectivity index (χ3v) is 3.32. The molecule has 20 heavy (non-hydrogen) atoms. The molecule has 0 fully saturated rings. The summed E-state index contributed by atoms with van der Waals surface area (Å²) in [5.41, 5.74) is 3.53. The van der Waals surface area contributed by atoms with Crippen LogP contribution in [0.15, 0.2) is 36.7 Å². The van der Waals surface area contributed by atoms with Crippen LogP contribution in [0.2, 0.25) is 5.02 Å². The van der Waals surface area contributed by atoms with Crippen LogP contribution in [0.1, 0.15) is 25.0 Å². The zero-order valence-corrected chi connectivity index (χ0v) is 12.3. The molecule has 0 aliphatic carbocycles. The van der Waals surface area contributed by atoms with Crippen molar-refractivity contribution in [2.24, 2.45) is 0 Å². The fourth-order valence-electron chi connectivity index (χ4n) is 1.86. The fraction of sp³-hybridized carbons (Fsp3) is 0.250. The molecule has 0 saturated carbocycles. The van der Waals surface area contributed by atoms with E-state index in [1.54, 1.807) is 12.4 Å². The number of benzene rings is 1. The van der Waals surface area contributed by atoms with E-state index in [1.807, 2.05) is 24.3 Å². The predicted molar refractivity (Wildman–Crippen MR) is 81.4 cm³/mol. The summed E-state index contributed by atoms with van der Waals surface area (Å²) in [6, 6.07) is 10.2. The SMILES string of the molecule is CC(C)NCc1cc(-c2cncc(C#N)c2)ccc1Cl. The van der Waals surface area contributed by atoms with Crippen molar-refractivity contribution in [3.05, 3.63) is 52.8 Å². The molecule has 0 aliphatic rings. The van der Waals surface area contributed by atoms with Crippen molar-refractivity contribution in [2.75, 3.05) is 0 Å². The Kier molecular flexibility index (Phi) is 4.73. The van der Waals surface area contributed by atoms with Crippen LogP contribution in [0.4, 0.5) is 0 Å². The number of nitrogens with zero attached hydrogens (tertiary/aromatic N) is 2. The quantitative estimate of drug-likeness (QED) is 0.930. The molecule has 0 spiro atoms. The van der Waals surface area contributed by atoms with Gasteiger partial charge in [0.2, 0.25) is 0 Å². The van der Waals surface area contributed by atoms with Crippen LogP contribution >= 0.6 is 11.6 Å². The van der Waals surface area contributed by atoms with Gasteiger partial charge in [-0.25, -0.2) is 0 Å². The summed E-state index contributed by atoms with van der Waals surface area (Å²) < 4.78 is 0. The summed E-state index contributed by atoms with van der Waals surface area (Å²) in [6.45, 7) is 4.91. The van der Waals surface area contributed by atoms with Crippen molar-refractivity contribution in [1.82, 2.24) is 10.3 Å². The monoisotopic (exact) mass is 285 g/mol. The molecule has 0 saturated heterocycles. The molecule has 4 heteroatoms. The Morgan fingerprint density at radius 1 is 1.25 bits per heavy atom. The Labute approximate surface area is 124 Å². The maximum absolute atomic E-state index is 8.93. The molecule has 2 aromatic rings. The molecule has 0 bridgehead atoms. The van der Waals surface area contributed by atoms with Crippen LogP contribution < -0.4 is 5.32 Å². The van der Waals surface area contributed by atoms with E-state index in [0.29, 0.717) is 11.6 Å². The summed E-state index contributed by atoms with van der Waals surface area (Å²) in [5, 5.41) is 13.0. The first-order valence-corrected chi connectivity index (χ1v) is 6.85. The minimum absolute atomic E-state index is 0.401. The smallest absolute Gasteiger partial charge is 0.101 e. The molecule has 0 unspecified atom stereocenters. The summed E-state index contributed by atoms with van der Waals surface area (Å²) in [7, 11) is 0. The normalized spacial score (nSPS) is 10.6. The van der Waals surface area contributed by atoms with Crippen molar-refractivity contribution in [1.29, 1.82) is 5.26 Å². The largest absolute Gasteiger partial charge is 0.310 e. The van der Waals surface area contributed by atoms with Crippen molar-refractivity contribution >= 4 is 11.6 Å². The van der Waals surface area contributed by atoms with Crippen molar-refractivity contribution in [2.45, 2.75) is 26.4 Å². The maximum atomic E-state index is 8.93. The minimum atomic E-state index is 0.401. The lowest BCUT2D eigenvalue weighted by Gasteiger charge is -2.11. The second-order valence-corrected chi connectivity index (χ2v) is 5.32. The molecule has 1 aromatic heterocycles. The first-order valence-electron chi connectivity index (χ1n) is 6.47. The number of halogens is 1. The molecule has 1 N–H and O–H groups in total. The number of rotatable bonds is 4. The molecule has 0 amide bonds. The van der Waals surface area contributed by atoms with E-state index in [-0.39, 0.29) is 0 Å². The second kappa shape index (κ2) is 6.51. The van der Waals surface area contributed by atoms with Crippen molar-refractivity contribution in [3.8, 4) is 17.2 Å². The average molecular weight is 286 g/mol. The second-order valence-electron chi connectivity index (χ2n) is 4.92. The standard InChI is InChI=1S/C16H16ClN3/c1-11(2)20-10-15-6-13(3-4-16(15)17)14-5-12(7-18)8-19-9-14/h3-6,8-9,11,20H,10H2,1-2H3. The molecule has 0 aliphatic heterocycles. The summed E-state index contributed by atoms with van der Waals surface area (Å²) >= 11 is 6.22. The van der Waals surface area contributed by atoms with Crippen LogP contribution in [-0.4, -0.2) is 11.0 Å². The first-order chi connectivity index (χ1) is 9.60. The lowest BCUT2D eigenvalue weighted by atomic mass is 10.0. The highest BCUT2D eigenvalue weighted by atomic mass is 35.5. The van der Waals surface area contributed by atoms with E-state index in [9.17, 15) is 0 Å². The van der Waals surface area contributed by atoms with E-state index in [2.05, 4.69) is 30.2 Å². The van der Waals surface area contributed by atoms with Gasteiger partial charge in [-0.2, -0.15) is 5.26 Å². The summed E-state index contributed by atoms with van der Waals surface area (Å²) in [5.74, 6) is 0. The van der Waals surface area contributed by atoms with E-state index in [0.717, 1.165) is 28.3 Å². The average Bonchev–Trinajstić information content (AvgIpc) is 2.46. The summed E-state index contributed by atoms with van der Waals surface area (Å²) in [6.07, 6.45) is 3.31. The van der Waals surface area contributed by atoms with Crippen molar-refractivity contribution < 1.29 is 0 Å². The van der Waals surface area contributed by atoms with E-state index < -0.39 is 0 Å². The van der Waals surface area contributed by atoms with Crippen molar-refractivity contribution in [3.63, 3.8) is 0 Å². The fourth-order valence-corrected chi connectivity index (χ4v) is 2.05. The highest BCUT2D eigenvalue weighted by molar-refractivity contribution is 6.31. The molecule has 3 nitrogen and oxygen atoms in total. The molecule has 102 valence electrons. The lowest BCUT2D eigenvalue weighted by molar-refractivity contribution is 0.589. The zero-order chi connectivity index (χ0) is 14.5. The Bertz CT molecular complexity index is 644. The molecule has 1 aromatic carbocycles. The van der Waals surface area contributed by atoms with E-state index in [1.165, 1.54) is 0 Å². The summed E-state index contributed by atoms with van der Waals surface area (Å²) in [4.78, 5) is 4.09. The molecule has 0 radical (unpaired) electrons. The third kappa shape index (κ3) is 3.57. The van der Waals surface area contributed by atoms with Gasteiger partial charge in [-0.15, -0.1) is 0 Å². The Morgan fingerprint density at radius 3 is 2.75 bits per heavy atom. The van der Waals surface area contributed by atoms with Gasteiger partial charge in [-0.1, -0.05) is 31.5 Å². The van der Waals surface area contributed by atoms with Crippen LogP contribution in [0, 0.1) is 11.3 Å². The van der Waals surface area contributed by atoms with Gasteiger partial charge in [-0.3, -0.25) is 4.98 Å². The van der Waals surface area contributed by atoms with Crippen LogP contribution in [0.5, 0.6) is 0 Å². The number of hydrogen-bond acceptors (Lipinski definition) is 3. The zero-order valence-electron chi connectivity index (χ0n) is 11.5. The predicted octanol–water partition coefficient (Wildman–Crippen LogP) is 3.77. The number of aromatic nitrogens is 1. The lowest BCUT2D eigenvalue weighted by Crippen LogP contribution is -2.21.